The molecule has 160 valence electrons. The van der Waals surface area contributed by atoms with E-state index in [1.54, 1.807) is 42.5 Å². The first-order chi connectivity index (χ1) is 14.7. The molecule has 0 unspecified atom stereocenters. The highest BCUT2D eigenvalue weighted by atomic mass is 79.9. The Morgan fingerprint density at radius 2 is 1.61 bits per heavy atom. The van der Waals surface area contributed by atoms with Gasteiger partial charge in [0, 0.05) is 22.3 Å². The molecule has 0 bridgehead atoms. The van der Waals surface area contributed by atoms with Gasteiger partial charge in [-0.2, -0.15) is 0 Å². The molecule has 1 aliphatic rings. The fourth-order valence-electron chi connectivity index (χ4n) is 3.89. The third kappa shape index (κ3) is 4.12. The van der Waals surface area contributed by atoms with Crippen LogP contribution in [0, 0.1) is 20.8 Å². The lowest BCUT2D eigenvalue weighted by Crippen LogP contribution is -2.29. The van der Waals surface area contributed by atoms with E-state index in [0.717, 1.165) is 32.4 Å². The van der Waals surface area contributed by atoms with Crippen molar-refractivity contribution in [3.05, 3.63) is 86.9 Å². The average molecular weight is 499 g/mol. The summed E-state index contributed by atoms with van der Waals surface area (Å²) in [6, 6.07) is 16.0. The van der Waals surface area contributed by atoms with Gasteiger partial charge in [0.1, 0.15) is 0 Å². The number of anilines is 2. The number of nitrogens with one attached hydrogen (secondary N) is 1. The summed E-state index contributed by atoms with van der Waals surface area (Å²) in [6.07, 6.45) is 0.567. The zero-order valence-electron chi connectivity index (χ0n) is 17.6. The highest BCUT2D eigenvalue weighted by Gasteiger charge is 2.31. The van der Waals surface area contributed by atoms with Crippen LogP contribution in [0.15, 0.2) is 64.0 Å². The van der Waals surface area contributed by atoms with Crippen LogP contribution in [0.25, 0.3) is 0 Å². The summed E-state index contributed by atoms with van der Waals surface area (Å²) in [5.74, 6) is -0.212. The minimum absolute atomic E-state index is 0.212. The molecule has 0 atom stereocenters. The maximum absolute atomic E-state index is 13.1. The molecule has 3 aromatic rings. The van der Waals surface area contributed by atoms with Crippen molar-refractivity contribution < 1.29 is 13.2 Å². The Kier molecular flexibility index (Phi) is 5.66. The number of fused-ring (bicyclic) bond motifs is 1. The Hall–Kier alpha value is -2.64. The summed E-state index contributed by atoms with van der Waals surface area (Å²) < 4.78 is 28.6. The van der Waals surface area contributed by atoms with Gasteiger partial charge < -0.3 is 5.32 Å². The molecular formula is C24H23BrN2O3S. The van der Waals surface area contributed by atoms with E-state index in [1.807, 2.05) is 32.9 Å². The summed E-state index contributed by atoms with van der Waals surface area (Å²) in [5, 5.41) is 2.99. The molecule has 0 aromatic heterocycles. The van der Waals surface area contributed by atoms with Gasteiger partial charge in [-0.25, -0.2) is 8.42 Å². The van der Waals surface area contributed by atoms with E-state index in [4.69, 9.17) is 0 Å². The summed E-state index contributed by atoms with van der Waals surface area (Å²) in [7, 11) is -3.64. The van der Waals surface area contributed by atoms with Crippen molar-refractivity contribution in [2.45, 2.75) is 32.1 Å². The lowest BCUT2D eigenvalue weighted by atomic mass is 10.1. The number of sulfonamides is 1. The van der Waals surface area contributed by atoms with Gasteiger partial charge in [0.25, 0.3) is 15.9 Å². The lowest BCUT2D eigenvalue weighted by molar-refractivity contribution is 0.102. The highest BCUT2D eigenvalue weighted by Crippen LogP contribution is 2.34. The number of aryl methyl sites for hydroxylation is 3. The zero-order chi connectivity index (χ0) is 22.3. The minimum Gasteiger partial charge on any atom is -0.322 e. The molecule has 1 N–H and O–H groups in total. The molecule has 0 aliphatic carbocycles. The highest BCUT2D eigenvalue weighted by molar-refractivity contribution is 9.10. The second kappa shape index (κ2) is 8.13. The molecule has 31 heavy (non-hydrogen) atoms. The van der Waals surface area contributed by atoms with Crippen LogP contribution in [-0.4, -0.2) is 20.9 Å². The maximum atomic E-state index is 13.1. The molecular weight excluding hydrogens is 476 g/mol. The maximum Gasteiger partial charge on any atom is 0.264 e. The Morgan fingerprint density at radius 3 is 2.26 bits per heavy atom. The van der Waals surface area contributed by atoms with Crippen LogP contribution in [0.1, 0.15) is 32.6 Å². The topological polar surface area (TPSA) is 66.5 Å². The SMILES string of the molecule is Cc1ccc(S(=O)(=O)N2CCc3cc(C(=O)Nc4c(C)cc(Br)cc4C)ccc32)cc1. The van der Waals surface area contributed by atoms with Crippen molar-refractivity contribution in [2.75, 3.05) is 16.2 Å². The number of rotatable bonds is 4. The van der Waals surface area contributed by atoms with Crippen LogP contribution in [0.3, 0.4) is 0 Å². The van der Waals surface area contributed by atoms with Gasteiger partial charge in [-0.1, -0.05) is 33.6 Å². The Labute approximate surface area is 191 Å². The van der Waals surface area contributed by atoms with Crippen LogP contribution in [0.4, 0.5) is 11.4 Å². The molecule has 0 saturated heterocycles. The second-order valence-corrected chi connectivity index (χ2v) is 10.6. The fraction of sp³-hybridized carbons (Fsp3) is 0.208. The Balaban J connectivity index is 1.60. The van der Waals surface area contributed by atoms with Gasteiger partial charge >= 0.3 is 0 Å². The molecule has 1 amide bonds. The van der Waals surface area contributed by atoms with Gasteiger partial charge in [0.05, 0.1) is 10.6 Å². The first kappa shape index (κ1) is 21.6. The zero-order valence-corrected chi connectivity index (χ0v) is 20.0. The van der Waals surface area contributed by atoms with Crippen LogP contribution in [0.2, 0.25) is 0 Å². The van der Waals surface area contributed by atoms with E-state index < -0.39 is 10.0 Å². The van der Waals surface area contributed by atoms with E-state index in [2.05, 4.69) is 21.2 Å². The number of hydrogen-bond donors (Lipinski definition) is 1. The molecule has 4 rings (SSSR count). The van der Waals surface area contributed by atoms with Crippen LogP contribution in [0.5, 0.6) is 0 Å². The van der Waals surface area contributed by atoms with Crippen molar-refractivity contribution in [1.82, 2.24) is 0 Å². The van der Waals surface area contributed by atoms with Gasteiger partial charge in [0.2, 0.25) is 0 Å². The van der Waals surface area contributed by atoms with Gasteiger partial charge in [-0.3, -0.25) is 9.10 Å². The largest absolute Gasteiger partial charge is 0.322 e. The molecule has 3 aromatic carbocycles. The predicted molar refractivity (Wildman–Crippen MR) is 127 cm³/mol. The van der Waals surface area contributed by atoms with E-state index in [9.17, 15) is 13.2 Å². The molecule has 0 spiro atoms. The molecule has 0 fully saturated rings. The monoisotopic (exact) mass is 498 g/mol. The molecule has 7 heteroatoms. The molecule has 1 heterocycles. The summed E-state index contributed by atoms with van der Waals surface area (Å²) in [6.45, 7) is 6.18. The van der Waals surface area contributed by atoms with E-state index >= 15 is 0 Å². The number of halogens is 1. The number of amides is 1. The van der Waals surface area contributed by atoms with Crippen LogP contribution < -0.4 is 9.62 Å². The number of hydrogen-bond acceptors (Lipinski definition) is 3. The first-order valence-electron chi connectivity index (χ1n) is 9.97. The lowest BCUT2D eigenvalue weighted by Gasteiger charge is -2.20. The number of benzene rings is 3. The van der Waals surface area contributed by atoms with E-state index in [-0.39, 0.29) is 10.8 Å². The van der Waals surface area contributed by atoms with Crippen molar-refractivity contribution in [3.63, 3.8) is 0 Å². The first-order valence-corrected chi connectivity index (χ1v) is 12.2. The van der Waals surface area contributed by atoms with E-state index in [0.29, 0.717) is 24.2 Å². The molecule has 5 nitrogen and oxygen atoms in total. The van der Waals surface area contributed by atoms with Crippen LogP contribution in [-0.2, 0) is 16.4 Å². The van der Waals surface area contributed by atoms with Crippen molar-refractivity contribution in [1.29, 1.82) is 0 Å². The molecule has 0 radical (unpaired) electrons. The van der Waals surface area contributed by atoms with Crippen molar-refractivity contribution in [3.8, 4) is 0 Å². The standard InChI is InChI=1S/C24H23BrN2O3S/c1-15-4-7-21(8-5-15)31(29,30)27-11-10-18-14-19(6-9-22(18)27)24(28)26-23-16(2)12-20(25)13-17(23)3/h4-9,12-14H,10-11H2,1-3H3,(H,26,28). The van der Waals surface area contributed by atoms with Crippen molar-refractivity contribution in [2.24, 2.45) is 0 Å². The number of nitrogens with zero attached hydrogens (tertiary/aromatic N) is 1. The minimum atomic E-state index is -3.64. The van der Waals surface area contributed by atoms with Crippen LogP contribution >= 0.6 is 15.9 Å². The Bertz CT molecular complexity index is 1260. The normalized spacial score (nSPS) is 13.2. The quantitative estimate of drug-likeness (QED) is 0.525. The second-order valence-electron chi connectivity index (χ2n) is 7.85. The van der Waals surface area contributed by atoms with Gasteiger partial charge in [0.15, 0.2) is 0 Å². The smallest absolute Gasteiger partial charge is 0.264 e. The van der Waals surface area contributed by atoms with Gasteiger partial charge in [-0.05, 0) is 86.3 Å². The van der Waals surface area contributed by atoms with Gasteiger partial charge in [-0.15, -0.1) is 0 Å². The molecule has 1 aliphatic heterocycles. The number of carbonyl (C=O) groups excluding carboxylic acids is 1. The third-order valence-electron chi connectivity index (χ3n) is 5.54. The summed E-state index contributed by atoms with van der Waals surface area (Å²) in [4.78, 5) is 13.2. The predicted octanol–water partition coefficient (Wildman–Crippen LogP) is 5.38. The number of carbonyl (C=O) groups is 1. The Morgan fingerprint density at radius 1 is 0.968 bits per heavy atom. The molecule has 0 saturated carbocycles. The summed E-state index contributed by atoms with van der Waals surface area (Å²) in [5.41, 5.74) is 5.73. The fourth-order valence-corrected chi connectivity index (χ4v) is 6.08. The summed E-state index contributed by atoms with van der Waals surface area (Å²) >= 11 is 3.47. The van der Waals surface area contributed by atoms with E-state index in [1.165, 1.54) is 4.31 Å². The average Bonchev–Trinajstić information content (AvgIpc) is 3.15. The van der Waals surface area contributed by atoms with Crippen molar-refractivity contribution >= 4 is 43.2 Å². The third-order valence-corrected chi connectivity index (χ3v) is 7.82.